The molecule has 2 rings (SSSR count). The highest BCUT2D eigenvalue weighted by atomic mass is 35.5. The number of nitro benzene ring substituents is 1. The molecule has 1 amide bonds. The van der Waals surface area contributed by atoms with Gasteiger partial charge in [0.05, 0.1) is 16.9 Å². The lowest BCUT2D eigenvalue weighted by Crippen LogP contribution is -2.19. The van der Waals surface area contributed by atoms with Crippen molar-refractivity contribution in [1.29, 1.82) is 0 Å². The number of nitro groups is 1. The zero-order valence-corrected chi connectivity index (χ0v) is 15.1. The van der Waals surface area contributed by atoms with E-state index in [1.165, 1.54) is 36.2 Å². The largest absolute Gasteiger partial charge is 0.272 e. The van der Waals surface area contributed by atoms with Gasteiger partial charge in [0.1, 0.15) is 0 Å². The molecule has 0 spiro atoms. The van der Waals surface area contributed by atoms with E-state index in [1.807, 2.05) is 18.2 Å². The second-order valence-corrected chi connectivity index (χ2v) is 6.64. The molecule has 0 heterocycles. The average Bonchev–Trinajstić information content (AvgIpc) is 2.58. The van der Waals surface area contributed by atoms with Crippen LogP contribution in [0.3, 0.4) is 0 Å². The quantitative estimate of drug-likeness (QED) is 0.429. The van der Waals surface area contributed by atoms with Crippen molar-refractivity contribution in [3.05, 3.63) is 73.8 Å². The summed E-state index contributed by atoms with van der Waals surface area (Å²) in [4.78, 5) is 22.0. The van der Waals surface area contributed by atoms with Crippen molar-refractivity contribution in [2.75, 3.05) is 5.75 Å². The standard InChI is InChI=1S/C16H13Cl2N3O3S/c17-14-4-2-1-3-11(14)9-25-10-16(22)20-19-8-12-7-13(21(23)24)5-6-15(12)18/h1-8H,9-10H2,(H,20,22)/b19-8-. The number of nitrogens with zero attached hydrogens (tertiary/aromatic N) is 2. The SMILES string of the molecule is O=C(CSCc1ccccc1Cl)N/N=C\c1cc([N+](=O)[O-])ccc1Cl. The van der Waals surface area contributed by atoms with Gasteiger partial charge in [-0.15, -0.1) is 11.8 Å². The van der Waals surface area contributed by atoms with E-state index in [4.69, 9.17) is 23.2 Å². The molecule has 0 aliphatic rings. The lowest BCUT2D eigenvalue weighted by Gasteiger charge is -2.03. The van der Waals surface area contributed by atoms with Crippen molar-refractivity contribution in [2.24, 2.45) is 5.10 Å². The van der Waals surface area contributed by atoms with E-state index in [-0.39, 0.29) is 17.3 Å². The Labute approximate surface area is 158 Å². The van der Waals surface area contributed by atoms with E-state index in [9.17, 15) is 14.9 Å². The number of amides is 1. The van der Waals surface area contributed by atoms with Crippen LogP contribution in [0.1, 0.15) is 11.1 Å². The normalized spacial score (nSPS) is 10.8. The van der Waals surface area contributed by atoms with Crippen LogP contribution in [-0.2, 0) is 10.5 Å². The number of nitrogens with one attached hydrogen (secondary N) is 1. The first kappa shape index (κ1) is 19.2. The maximum absolute atomic E-state index is 11.7. The summed E-state index contributed by atoms with van der Waals surface area (Å²) in [6.45, 7) is 0. The molecule has 130 valence electrons. The summed E-state index contributed by atoms with van der Waals surface area (Å²) in [6.07, 6.45) is 1.27. The van der Waals surface area contributed by atoms with Crippen molar-refractivity contribution in [3.63, 3.8) is 0 Å². The molecule has 2 aromatic rings. The predicted molar refractivity (Wildman–Crippen MR) is 101 cm³/mol. The van der Waals surface area contributed by atoms with Crippen LogP contribution < -0.4 is 5.43 Å². The maximum atomic E-state index is 11.7. The molecule has 25 heavy (non-hydrogen) atoms. The van der Waals surface area contributed by atoms with Crippen LogP contribution >= 0.6 is 35.0 Å². The molecule has 0 aromatic heterocycles. The lowest BCUT2D eigenvalue weighted by atomic mass is 10.2. The number of hydrogen-bond acceptors (Lipinski definition) is 5. The molecule has 0 bridgehead atoms. The molecule has 0 atom stereocenters. The van der Waals surface area contributed by atoms with Gasteiger partial charge in [0.25, 0.3) is 5.69 Å². The van der Waals surface area contributed by atoms with Crippen LogP contribution in [0.25, 0.3) is 0 Å². The maximum Gasteiger partial charge on any atom is 0.270 e. The highest BCUT2D eigenvalue weighted by Crippen LogP contribution is 2.21. The number of hydrazone groups is 1. The fourth-order valence-corrected chi connectivity index (χ4v) is 3.09. The predicted octanol–water partition coefficient (Wildman–Crippen LogP) is 4.29. The van der Waals surface area contributed by atoms with Gasteiger partial charge in [0, 0.05) is 33.5 Å². The molecule has 2 aromatic carbocycles. The Morgan fingerprint density at radius 3 is 2.72 bits per heavy atom. The second kappa shape index (κ2) is 9.41. The van der Waals surface area contributed by atoms with Crippen molar-refractivity contribution < 1.29 is 9.72 Å². The van der Waals surface area contributed by atoms with Crippen LogP contribution in [0.15, 0.2) is 47.6 Å². The number of carbonyl (C=O) groups excluding carboxylic acids is 1. The van der Waals surface area contributed by atoms with Gasteiger partial charge >= 0.3 is 0 Å². The Kier molecular flexibility index (Phi) is 7.24. The summed E-state index contributed by atoms with van der Waals surface area (Å²) < 4.78 is 0. The number of non-ortho nitro benzene ring substituents is 1. The number of carbonyl (C=O) groups is 1. The van der Waals surface area contributed by atoms with E-state index in [0.717, 1.165) is 5.56 Å². The molecule has 0 fully saturated rings. The molecular formula is C16H13Cl2N3O3S. The first-order valence-electron chi connectivity index (χ1n) is 7.04. The number of thioether (sulfide) groups is 1. The van der Waals surface area contributed by atoms with Crippen molar-refractivity contribution in [3.8, 4) is 0 Å². The number of halogens is 2. The highest BCUT2D eigenvalue weighted by molar-refractivity contribution is 7.99. The smallest absolute Gasteiger partial charge is 0.270 e. The van der Waals surface area contributed by atoms with Crippen molar-refractivity contribution >= 4 is 52.8 Å². The van der Waals surface area contributed by atoms with E-state index >= 15 is 0 Å². The molecular weight excluding hydrogens is 385 g/mol. The fraction of sp³-hybridized carbons (Fsp3) is 0.125. The molecule has 1 N–H and O–H groups in total. The minimum absolute atomic E-state index is 0.104. The third-order valence-corrected chi connectivity index (χ3v) is 4.73. The van der Waals surface area contributed by atoms with Gasteiger partial charge in [-0.2, -0.15) is 5.10 Å². The zero-order chi connectivity index (χ0) is 18.2. The molecule has 0 aliphatic carbocycles. The summed E-state index contributed by atoms with van der Waals surface area (Å²) in [5.74, 6) is 0.508. The monoisotopic (exact) mass is 397 g/mol. The first-order chi connectivity index (χ1) is 12.0. The summed E-state index contributed by atoms with van der Waals surface area (Å²) in [6, 6.07) is 11.4. The van der Waals surface area contributed by atoms with Crippen LogP contribution in [0.2, 0.25) is 10.0 Å². The number of hydrogen-bond donors (Lipinski definition) is 1. The molecule has 6 nitrogen and oxygen atoms in total. The van der Waals surface area contributed by atoms with Gasteiger partial charge < -0.3 is 0 Å². The van der Waals surface area contributed by atoms with Gasteiger partial charge in [-0.1, -0.05) is 41.4 Å². The zero-order valence-electron chi connectivity index (χ0n) is 12.8. The van der Waals surface area contributed by atoms with E-state index < -0.39 is 4.92 Å². The van der Waals surface area contributed by atoms with Gasteiger partial charge in [0.15, 0.2) is 0 Å². The highest BCUT2D eigenvalue weighted by Gasteiger charge is 2.08. The van der Waals surface area contributed by atoms with E-state index in [1.54, 1.807) is 6.07 Å². The van der Waals surface area contributed by atoms with Crippen LogP contribution in [0.5, 0.6) is 0 Å². The van der Waals surface area contributed by atoms with Gasteiger partial charge in [-0.05, 0) is 17.7 Å². The molecule has 0 unspecified atom stereocenters. The van der Waals surface area contributed by atoms with Crippen LogP contribution in [0.4, 0.5) is 5.69 Å². The Morgan fingerprint density at radius 1 is 1.24 bits per heavy atom. The number of benzene rings is 2. The van der Waals surface area contributed by atoms with E-state index in [0.29, 0.717) is 21.4 Å². The lowest BCUT2D eigenvalue weighted by molar-refractivity contribution is -0.384. The van der Waals surface area contributed by atoms with Gasteiger partial charge in [0.2, 0.25) is 5.91 Å². The van der Waals surface area contributed by atoms with Crippen molar-refractivity contribution in [2.45, 2.75) is 5.75 Å². The molecule has 0 radical (unpaired) electrons. The van der Waals surface area contributed by atoms with Crippen LogP contribution in [-0.4, -0.2) is 22.8 Å². The third-order valence-electron chi connectivity index (χ3n) is 3.03. The topological polar surface area (TPSA) is 84.6 Å². The first-order valence-corrected chi connectivity index (χ1v) is 8.95. The third kappa shape index (κ3) is 6.04. The average molecular weight is 398 g/mol. The Balaban J connectivity index is 1.83. The minimum atomic E-state index is -0.530. The van der Waals surface area contributed by atoms with Crippen LogP contribution in [0, 0.1) is 10.1 Å². The van der Waals surface area contributed by atoms with E-state index in [2.05, 4.69) is 10.5 Å². The summed E-state index contributed by atoms with van der Waals surface area (Å²) in [7, 11) is 0. The van der Waals surface area contributed by atoms with Gasteiger partial charge in [-0.25, -0.2) is 5.43 Å². The van der Waals surface area contributed by atoms with Gasteiger partial charge in [-0.3, -0.25) is 14.9 Å². The Bertz CT molecular complexity index is 815. The Morgan fingerprint density at radius 2 is 2.00 bits per heavy atom. The van der Waals surface area contributed by atoms with Crippen molar-refractivity contribution in [1.82, 2.24) is 5.43 Å². The fourth-order valence-electron chi connectivity index (χ4n) is 1.82. The summed E-state index contributed by atoms with van der Waals surface area (Å²) in [5, 5.41) is 15.5. The second-order valence-electron chi connectivity index (χ2n) is 4.84. The molecule has 9 heteroatoms. The minimum Gasteiger partial charge on any atom is -0.272 e. The summed E-state index contributed by atoms with van der Waals surface area (Å²) in [5.41, 5.74) is 3.55. The molecule has 0 saturated carbocycles. The molecule has 0 aliphatic heterocycles. The summed E-state index contributed by atoms with van der Waals surface area (Å²) >= 11 is 13.4. The molecule has 0 saturated heterocycles. The number of rotatable bonds is 7. The Hall–Kier alpha value is -2.09.